The number of aryl methyl sites for hydroxylation is 2. The Hall–Kier alpha value is -1.62. The van der Waals surface area contributed by atoms with Crippen LogP contribution in [0.1, 0.15) is 22.9 Å². The highest BCUT2D eigenvalue weighted by molar-refractivity contribution is 7.09. The van der Waals surface area contributed by atoms with Gasteiger partial charge in [0.25, 0.3) is 0 Å². The Morgan fingerprint density at radius 3 is 3.06 bits per heavy atom. The van der Waals surface area contributed by atoms with Gasteiger partial charge < -0.3 is 9.73 Å². The molecule has 0 unspecified atom stereocenters. The van der Waals surface area contributed by atoms with Crippen molar-refractivity contribution < 1.29 is 9.21 Å². The molecule has 0 radical (unpaired) electrons. The van der Waals surface area contributed by atoms with Crippen LogP contribution in [0.4, 0.5) is 0 Å². The average Bonchev–Trinajstić information content (AvgIpc) is 2.98. The van der Waals surface area contributed by atoms with Crippen LogP contribution in [0.25, 0.3) is 0 Å². The summed E-state index contributed by atoms with van der Waals surface area (Å²) in [5, 5.41) is 4.91. The molecule has 4 nitrogen and oxygen atoms in total. The van der Waals surface area contributed by atoms with Gasteiger partial charge in [-0.3, -0.25) is 4.79 Å². The zero-order valence-electron chi connectivity index (χ0n) is 10.3. The van der Waals surface area contributed by atoms with E-state index in [-0.39, 0.29) is 5.91 Å². The molecule has 0 saturated carbocycles. The summed E-state index contributed by atoms with van der Waals surface area (Å²) in [6, 6.07) is 4.06. The molecule has 2 aromatic heterocycles. The molecule has 0 aliphatic rings. The summed E-state index contributed by atoms with van der Waals surface area (Å²) >= 11 is 1.69. The molecule has 2 aromatic rings. The van der Waals surface area contributed by atoms with Crippen molar-refractivity contribution in [2.75, 3.05) is 6.54 Å². The van der Waals surface area contributed by atoms with Gasteiger partial charge in [0.1, 0.15) is 6.26 Å². The smallest absolute Gasteiger partial charge is 0.220 e. The fourth-order valence-corrected chi connectivity index (χ4v) is 2.34. The minimum atomic E-state index is 0.0867. The van der Waals surface area contributed by atoms with E-state index in [4.69, 9.17) is 4.42 Å². The van der Waals surface area contributed by atoms with Crippen LogP contribution in [0.3, 0.4) is 0 Å². The van der Waals surface area contributed by atoms with Crippen LogP contribution in [-0.2, 0) is 17.6 Å². The van der Waals surface area contributed by atoms with Crippen LogP contribution in [0.15, 0.2) is 28.2 Å². The monoisotopic (exact) mass is 264 g/mol. The van der Waals surface area contributed by atoms with E-state index in [0.717, 1.165) is 12.1 Å². The van der Waals surface area contributed by atoms with Crippen LogP contribution in [0, 0.1) is 6.92 Å². The molecule has 2 rings (SSSR count). The SMILES string of the molecule is Cc1nc(CCNC(=O)CCc2cccs2)co1. The van der Waals surface area contributed by atoms with E-state index >= 15 is 0 Å². The molecule has 0 spiro atoms. The molecule has 0 saturated heterocycles. The van der Waals surface area contributed by atoms with Crippen LogP contribution in [0.5, 0.6) is 0 Å². The first-order valence-electron chi connectivity index (χ1n) is 5.94. The van der Waals surface area contributed by atoms with Crippen molar-refractivity contribution in [1.82, 2.24) is 10.3 Å². The highest BCUT2D eigenvalue weighted by atomic mass is 32.1. The fraction of sp³-hybridized carbons (Fsp3) is 0.385. The van der Waals surface area contributed by atoms with E-state index in [1.807, 2.05) is 18.4 Å². The number of hydrogen-bond donors (Lipinski definition) is 1. The van der Waals surface area contributed by atoms with E-state index in [1.54, 1.807) is 17.6 Å². The standard InChI is InChI=1S/C13H16N2O2S/c1-10-15-11(9-17-10)6-7-14-13(16)5-4-12-3-2-8-18-12/h2-3,8-9H,4-7H2,1H3,(H,14,16). The largest absolute Gasteiger partial charge is 0.449 e. The lowest BCUT2D eigenvalue weighted by molar-refractivity contribution is -0.121. The third-order valence-corrected chi connectivity index (χ3v) is 3.48. The van der Waals surface area contributed by atoms with Crippen molar-refractivity contribution in [3.05, 3.63) is 40.2 Å². The van der Waals surface area contributed by atoms with Crippen LogP contribution >= 0.6 is 11.3 Å². The summed E-state index contributed by atoms with van der Waals surface area (Å²) in [5.41, 5.74) is 0.881. The minimum absolute atomic E-state index is 0.0867. The molecule has 0 aliphatic heterocycles. The number of rotatable bonds is 6. The van der Waals surface area contributed by atoms with Gasteiger partial charge in [0.15, 0.2) is 5.89 Å². The molecular weight excluding hydrogens is 248 g/mol. The second-order valence-electron chi connectivity index (χ2n) is 4.04. The molecule has 96 valence electrons. The number of aromatic nitrogens is 1. The first-order chi connectivity index (χ1) is 8.74. The van der Waals surface area contributed by atoms with Crippen molar-refractivity contribution in [3.63, 3.8) is 0 Å². The second-order valence-corrected chi connectivity index (χ2v) is 5.07. The number of nitrogens with zero attached hydrogens (tertiary/aromatic N) is 1. The quantitative estimate of drug-likeness (QED) is 0.871. The number of carbonyl (C=O) groups is 1. The van der Waals surface area contributed by atoms with Gasteiger partial charge >= 0.3 is 0 Å². The molecule has 1 N–H and O–H groups in total. The van der Waals surface area contributed by atoms with Gasteiger partial charge in [-0.15, -0.1) is 11.3 Å². The average molecular weight is 264 g/mol. The van der Waals surface area contributed by atoms with Crippen LogP contribution in [0.2, 0.25) is 0 Å². The highest BCUT2D eigenvalue weighted by Crippen LogP contribution is 2.10. The molecule has 1 amide bonds. The Bertz CT molecular complexity index is 491. The lowest BCUT2D eigenvalue weighted by Gasteiger charge is -2.02. The highest BCUT2D eigenvalue weighted by Gasteiger charge is 2.04. The molecule has 0 aliphatic carbocycles. The number of thiophene rings is 1. The van der Waals surface area contributed by atoms with Crippen LogP contribution < -0.4 is 5.32 Å². The molecule has 0 aromatic carbocycles. The number of carbonyl (C=O) groups excluding carboxylic acids is 1. The zero-order valence-corrected chi connectivity index (χ0v) is 11.1. The predicted molar refractivity (Wildman–Crippen MR) is 70.6 cm³/mol. The van der Waals surface area contributed by atoms with Gasteiger partial charge in [-0.05, 0) is 17.9 Å². The van der Waals surface area contributed by atoms with Gasteiger partial charge in [-0.1, -0.05) is 6.07 Å². The summed E-state index contributed by atoms with van der Waals surface area (Å²) in [6.07, 6.45) is 3.69. The molecule has 2 heterocycles. The molecular formula is C13H16N2O2S. The predicted octanol–water partition coefficient (Wildman–Crippen LogP) is 2.34. The molecule has 18 heavy (non-hydrogen) atoms. The third-order valence-electron chi connectivity index (χ3n) is 2.55. The van der Waals surface area contributed by atoms with E-state index in [0.29, 0.717) is 25.3 Å². The lowest BCUT2D eigenvalue weighted by Crippen LogP contribution is -2.25. The second kappa shape index (κ2) is 6.35. The van der Waals surface area contributed by atoms with E-state index in [2.05, 4.69) is 16.4 Å². The van der Waals surface area contributed by atoms with Crippen molar-refractivity contribution >= 4 is 17.2 Å². The normalized spacial score (nSPS) is 10.5. The number of hydrogen-bond acceptors (Lipinski definition) is 4. The molecule has 5 heteroatoms. The summed E-state index contributed by atoms with van der Waals surface area (Å²) in [6.45, 7) is 2.42. The Kier molecular flexibility index (Phi) is 4.52. The molecule has 0 bridgehead atoms. The molecule has 0 fully saturated rings. The van der Waals surface area contributed by atoms with E-state index in [1.165, 1.54) is 4.88 Å². The van der Waals surface area contributed by atoms with Crippen molar-refractivity contribution in [1.29, 1.82) is 0 Å². The van der Waals surface area contributed by atoms with E-state index in [9.17, 15) is 4.79 Å². The van der Waals surface area contributed by atoms with Gasteiger partial charge in [0, 0.05) is 31.2 Å². The maximum atomic E-state index is 11.6. The van der Waals surface area contributed by atoms with Crippen molar-refractivity contribution in [2.45, 2.75) is 26.2 Å². The van der Waals surface area contributed by atoms with E-state index < -0.39 is 0 Å². The Morgan fingerprint density at radius 1 is 1.50 bits per heavy atom. The lowest BCUT2D eigenvalue weighted by atomic mass is 10.2. The number of nitrogens with one attached hydrogen (secondary N) is 1. The first kappa shape index (κ1) is 12.8. The first-order valence-corrected chi connectivity index (χ1v) is 6.82. The van der Waals surface area contributed by atoms with Gasteiger partial charge in [0.05, 0.1) is 5.69 Å². The molecule has 0 atom stereocenters. The number of oxazole rings is 1. The summed E-state index contributed by atoms with van der Waals surface area (Å²) < 4.78 is 5.10. The van der Waals surface area contributed by atoms with Gasteiger partial charge in [0.2, 0.25) is 5.91 Å². The Morgan fingerprint density at radius 2 is 2.39 bits per heavy atom. The van der Waals surface area contributed by atoms with Crippen molar-refractivity contribution in [3.8, 4) is 0 Å². The van der Waals surface area contributed by atoms with Gasteiger partial charge in [-0.2, -0.15) is 0 Å². The third kappa shape index (κ3) is 4.00. The Labute approximate surface area is 110 Å². The van der Waals surface area contributed by atoms with Crippen molar-refractivity contribution in [2.24, 2.45) is 0 Å². The minimum Gasteiger partial charge on any atom is -0.449 e. The number of amides is 1. The maximum Gasteiger partial charge on any atom is 0.220 e. The zero-order chi connectivity index (χ0) is 12.8. The van der Waals surface area contributed by atoms with Gasteiger partial charge in [-0.25, -0.2) is 4.98 Å². The van der Waals surface area contributed by atoms with Crippen LogP contribution in [-0.4, -0.2) is 17.4 Å². The summed E-state index contributed by atoms with van der Waals surface area (Å²) in [4.78, 5) is 17.0. The topological polar surface area (TPSA) is 55.1 Å². The maximum absolute atomic E-state index is 11.6. The summed E-state index contributed by atoms with van der Waals surface area (Å²) in [5.74, 6) is 0.748. The Balaban J connectivity index is 1.63. The fourth-order valence-electron chi connectivity index (χ4n) is 1.63. The summed E-state index contributed by atoms with van der Waals surface area (Å²) in [7, 11) is 0.